The molecule has 2 unspecified atom stereocenters. The van der Waals surface area contributed by atoms with Gasteiger partial charge in [-0.15, -0.1) is 0 Å². The van der Waals surface area contributed by atoms with E-state index >= 15 is 0 Å². The van der Waals surface area contributed by atoms with E-state index in [0.29, 0.717) is 12.0 Å². The van der Waals surface area contributed by atoms with Crippen molar-refractivity contribution in [1.29, 1.82) is 0 Å². The molecule has 3 nitrogen and oxygen atoms in total. The van der Waals surface area contributed by atoms with Crippen LogP contribution in [0.4, 0.5) is 0 Å². The molecule has 0 radical (unpaired) electrons. The lowest BCUT2D eigenvalue weighted by atomic mass is 9.83. The zero-order valence-corrected chi connectivity index (χ0v) is 11.9. The molecule has 100 valence electrons. The maximum Gasteiger partial charge on any atom is 0.0227 e. The summed E-state index contributed by atoms with van der Waals surface area (Å²) in [6.07, 6.45) is 2.81. The van der Waals surface area contributed by atoms with Crippen LogP contribution in [0.1, 0.15) is 26.7 Å². The third-order valence-corrected chi connectivity index (χ3v) is 4.45. The summed E-state index contributed by atoms with van der Waals surface area (Å²) in [6.45, 7) is 9.78. The fraction of sp³-hybridized carbons (Fsp3) is 1.00. The van der Waals surface area contributed by atoms with Crippen LogP contribution in [-0.4, -0.2) is 62.2 Å². The normalized spacial score (nSPS) is 34.6. The average Bonchev–Trinajstić information content (AvgIpc) is 2.29. The van der Waals surface area contributed by atoms with Crippen LogP contribution >= 0.6 is 0 Å². The number of rotatable bonds is 5. The Bertz CT molecular complexity index is 230. The second-order valence-electron chi connectivity index (χ2n) is 6.52. The second-order valence-corrected chi connectivity index (χ2v) is 6.52. The van der Waals surface area contributed by atoms with Crippen molar-refractivity contribution in [1.82, 2.24) is 15.1 Å². The molecular weight excluding hydrogens is 210 g/mol. The molecule has 3 rings (SSSR count). The van der Waals surface area contributed by atoms with Crippen molar-refractivity contribution in [3.63, 3.8) is 0 Å². The largest absolute Gasteiger partial charge is 0.308 e. The third-order valence-electron chi connectivity index (χ3n) is 4.45. The summed E-state index contributed by atoms with van der Waals surface area (Å²) < 4.78 is 0. The minimum atomic E-state index is 0.635. The van der Waals surface area contributed by atoms with Gasteiger partial charge >= 0.3 is 0 Å². The Kier molecular flexibility index (Phi) is 4.45. The molecule has 0 aliphatic carbocycles. The van der Waals surface area contributed by atoms with Gasteiger partial charge in [0.25, 0.3) is 0 Å². The second kappa shape index (κ2) is 5.68. The lowest BCUT2D eigenvalue weighted by Crippen LogP contribution is -2.60. The fourth-order valence-corrected chi connectivity index (χ4v) is 3.28. The van der Waals surface area contributed by atoms with E-state index in [-0.39, 0.29) is 0 Å². The fourth-order valence-electron chi connectivity index (χ4n) is 3.28. The van der Waals surface area contributed by atoms with E-state index in [1.807, 2.05) is 0 Å². The Labute approximate surface area is 107 Å². The van der Waals surface area contributed by atoms with Crippen LogP contribution in [0.3, 0.4) is 0 Å². The van der Waals surface area contributed by atoms with Crippen molar-refractivity contribution in [3.05, 3.63) is 0 Å². The highest BCUT2D eigenvalue weighted by Crippen LogP contribution is 2.28. The van der Waals surface area contributed by atoms with E-state index in [2.05, 4.69) is 43.1 Å². The number of hydrogen-bond acceptors (Lipinski definition) is 3. The summed E-state index contributed by atoms with van der Waals surface area (Å²) in [5, 5.41) is 3.93. The molecule has 0 aromatic heterocycles. The van der Waals surface area contributed by atoms with Crippen LogP contribution in [0.2, 0.25) is 0 Å². The van der Waals surface area contributed by atoms with Crippen LogP contribution in [0.25, 0.3) is 0 Å². The highest BCUT2D eigenvalue weighted by Gasteiger charge is 2.35. The standard InChI is InChI=1S/C14H29N3/c1-11(2)13(9-16(3)4)15-14-10-17-7-5-12(14)6-8-17/h11-15H,5-10H2,1-4H3. The Balaban J connectivity index is 1.89. The van der Waals surface area contributed by atoms with Crippen LogP contribution in [0.5, 0.6) is 0 Å². The molecule has 1 N–H and O–H groups in total. The van der Waals surface area contributed by atoms with Gasteiger partial charge in [-0.1, -0.05) is 13.8 Å². The van der Waals surface area contributed by atoms with Gasteiger partial charge in [-0.3, -0.25) is 0 Å². The Morgan fingerprint density at radius 3 is 2.29 bits per heavy atom. The molecule has 3 saturated heterocycles. The van der Waals surface area contributed by atoms with Gasteiger partial charge in [-0.2, -0.15) is 0 Å². The van der Waals surface area contributed by atoms with Gasteiger partial charge in [-0.05, 0) is 51.9 Å². The molecule has 3 heteroatoms. The van der Waals surface area contributed by atoms with Crippen molar-refractivity contribution < 1.29 is 0 Å². The van der Waals surface area contributed by atoms with E-state index in [4.69, 9.17) is 0 Å². The van der Waals surface area contributed by atoms with Crippen molar-refractivity contribution in [2.75, 3.05) is 40.3 Å². The Morgan fingerprint density at radius 1 is 1.24 bits per heavy atom. The summed E-state index contributed by atoms with van der Waals surface area (Å²) in [6, 6.07) is 1.38. The monoisotopic (exact) mass is 239 g/mol. The molecular formula is C14H29N3. The highest BCUT2D eigenvalue weighted by molar-refractivity contribution is 4.93. The number of fused-ring (bicyclic) bond motifs is 3. The lowest BCUT2D eigenvalue weighted by molar-refractivity contribution is 0.0610. The quantitative estimate of drug-likeness (QED) is 0.779. The van der Waals surface area contributed by atoms with E-state index in [0.717, 1.165) is 18.5 Å². The smallest absolute Gasteiger partial charge is 0.0227 e. The number of piperidine rings is 3. The first-order chi connectivity index (χ1) is 8.06. The molecule has 3 heterocycles. The van der Waals surface area contributed by atoms with Crippen molar-refractivity contribution >= 4 is 0 Å². The van der Waals surface area contributed by atoms with Crippen molar-refractivity contribution in [3.8, 4) is 0 Å². The van der Waals surface area contributed by atoms with E-state index < -0.39 is 0 Å². The van der Waals surface area contributed by atoms with Gasteiger partial charge in [-0.25, -0.2) is 0 Å². The minimum absolute atomic E-state index is 0.635. The van der Waals surface area contributed by atoms with Gasteiger partial charge in [0.15, 0.2) is 0 Å². The molecule has 0 aromatic rings. The maximum absolute atomic E-state index is 3.93. The topological polar surface area (TPSA) is 18.5 Å². The predicted octanol–water partition coefficient (Wildman–Crippen LogP) is 1.26. The molecule has 2 atom stereocenters. The van der Waals surface area contributed by atoms with Crippen LogP contribution in [0, 0.1) is 11.8 Å². The van der Waals surface area contributed by atoms with Crippen molar-refractivity contribution in [2.24, 2.45) is 11.8 Å². The number of nitrogens with one attached hydrogen (secondary N) is 1. The lowest BCUT2D eigenvalue weighted by Gasteiger charge is -2.47. The molecule has 0 spiro atoms. The molecule has 3 aliphatic rings. The molecule has 3 aliphatic heterocycles. The molecule has 0 amide bonds. The van der Waals surface area contributed by atoms with E-state index in [1.54, 1.807) is 0 Å². The Hall–Kier alpha value is -0.120. The molecule has 17 heavy (non-hydrogen) atoms. The van der Waals surface area contributed by atoms with E-state index in [1.165, 1.54) is 32.5 Å². The minimum Gasteiger partial charge on any atom is -0.308 e. The van der Waals surface area contributed by atoms with Gasteiger partial charge in [0.2, 0.25) is 0 Å². The first kappa shape index (κ1) is 13.3. The number of likely N-dealkylation sites (N-methyl/N-ethyl adjacent to an activating group) is 1. The molecule has 2 bridgehead atoms. The highest BCUT2D eigenvalue weighted by atomic mass is 15.2. The average molecular weight is 239 g/mol. The first-order valence-corrected chi connectivity index (χ1v) is 7.19. The first-order valence-electron chi connectivity index (χ1n) is 7.19. The summed E-state index contributed by atoms with van der Waals surface area (Å²) in [4.78, 5) is 4.93. The number of hydrogen-bond donors (Lipinski definition) is 1. The van der Waals surface area contributed by atoms with Gasteiger partial charge in [0.1, 0.15) is 0 Å². The number of nitrogens with zero attached hydrogens (tertiary/aromatic N) is 2. The molecule has 3 fully saturated rings. The molecule has 0 aromatic carbocycles. The summed E-state index contributed by atoms with van der Waals surface area (Å²) in [7, 11) is 4.35. The van der Waals surface area contributed by atoms with Crippen LogP contribution < -0.4 is 5.32 Å². The third kappa shape index (κ3) is 3.43. The Morgan fingerprint density at radius 2 is 1.88 bits per heavy atom. The summed E-state index contributed by atoms with van der Waals surface area (Å²) in [5.41, 5.74) is 0. The zero-order chi connectivity index (χ0) is 12.4. The van der Waals surface area contributed by atoms with Crippen LogP contribution in [-0.2, 0) is 0 Å². The summed E-state index contributed by atoms with van der Waals surface area (Å²) in [5.74, 6) is 1.65. The van der Waals surface area contributed by atoms with Gasteiger partial charge in [0.05, 0.1) is 0 Å². The van der Waals surface area contributed by atoms with Gasteiger partial charge < -0.3 is 15.1 Å². The summed E-state index contributed by atoms with van der Waals surface area (Å²) >= 11 is 0. The van der Waals surface area contributed by atoms with E-state index in [9.17, 15) is 0 Å². The van der Waals surface area contributed by atoms with Crippen molar-refractivity contribution in [2.45, 2.75) is 38.8 Å². The predicted molar refractivity (Wildman–Crippen MR) is 73.3 cm³/mol. The van der Waals surface area contributed by atoms with Gasteiger partial charge in [0, 0.05) is 25.2 Å². The van der Waals surface area contributed by atoms with Crippen LogP contribution in [0.15, 0.2) is 0 Å². The maximum atomic E-state index is 3.93. The SMILES string of the molecule is CC(C)C(CN(C)C)NC1CN2CCC1CC2. The molecule has 0 saturated carbocycles. The zero-order valence-electron chi connectivity index (χ0n) is 11.9.